The Balaban J connectivity index is 0.000000118. The van der Waals surface area contributed by atoms with Gasteiger partial charge in [0, 0.05) is 34.5 Å². The molecule has 12 aliphatic carbocycles. The fraction of sp³-hybridized carbons (Fsp3) is 0.867. The Morgan fingerprint density at radius 2 is 0.943 bits per heavy atom. The van der Waals surface area contributed by atoms with E-state index in [2.05, 4.69) is 6.92 Å². The van der Waals surface area contributed by atoms with Crippen LogP contribution in [0.25, 0.3) is 0 Å². The molecule has 4 spiro atoms. The maximum atomic E-state index is 13.4. The van der Waals surface area contributed by atoms with Crippen LogP contribution in [-0.2, 0) is 105 Å². The van der Waals surface area contributed by atoms with Crippen molar-refractivity contribution in [1.82, 2.24) is 0 Å². The number of carbonyl (C=O) groups excluding carboxylic acids is 11. The lowest BCUT2D eigenvalue weighted by Gasteiger charge is -2.39. The quantitative estimate of drug-likeness (QED) is 0.0910. The first-order valence-corrected chi connectivity index (χ1v) is 41.2. The zero-order chi connectivity index (χ0) is 75.0. The van der Waals surface area contributed by atoms with Crippen molar-refractivity contribution < 1.29 is 105 Å². The summed E-state index contributed by atoms with van der Waals surface area (Å²) in [6, 6.07) is 0. The van der Waals surface area contributed by atoms with Crippen molar-refractivity contribution in [2.75, 3.05) is 26.4 Å². The van der Waals surface area contributed by atoms with Crippen LogP contribution in [0.5, 0.6) is 0 Å². The first-order valence-electron chi connectivity index (χ1n) is 41.2. The monoisotopic (exact) mass is 1470 g/mol. The van der Waals surface area contributed by atoms with Gasteiger partial charge in [-0.2, -0.15) is 0 Å². The second-order valence-corrected chi connectivity index (χ2v) is 36.3. The molecule has 30 atom stereocenters. The molecule has 5 saturated heterocycles. The average Bonchev–Trinajstić information content (AvgIpc) is 1.55. The normalized spacial score (nSPS) is 43.2. The highest BCUT2D eigenvalue weighted by Gasteiger charge is 2.72. The number of rotatable bonds is 18. The van der Waals surface area contributed by atoms with Gasteiger partial charge in [-0.25, -0.2) is 0 Å². The van der Waals surface area contributed by atoms with Crippen LogP contribution in [0.3, 0.4) is 0 Å². The Bertz CT molecular complexity index is 3330. The molecule has 12 saturated carbocycles. The first-order chi connectivity index (χ1) is 50.1. The van der Waals surface area contributed by atoms with Crippen LogP contribution >= 0.6 is 0 Å². The number of cyclic esters (lactones) is 4. The van der Waals surface area contributed by atoms with Gasteiger partial charge >= 0.3 is 65.7 Å². The molecule has 17 fully saturated rings. The van der Waals surface area contributed by atoms with E-state index >= 15 is 0 Å². The van der Waals surface area contributed by atoms with Crippen LogP contribution in [0.1, 0.15) is 250 Å². The maximum Gasteiger partial charge on any atom is 0.312 e. The summed E-state index contributed by atoms with van der Waals surface area (Å²) in [5.74, 6) is 1.57. The van der Waals surface area contributed by atoms with E-state index in [4.69, 9.17) is 52.1 Å². The lowest BCUT2D eigenvalue weighted by molar-refractivity contribution is -0.181. The summed E-state index contributed by atoms with van der Waals surface area (Å²) in [5.41, 5.74) is -0.888. The van der Waals surface area contributed by atoms with Crippen molar-refractivity contribution in [3.05, 3.63) is 0 Å². The summed E-state index contributed by atoms with van der Waals surface area (Å²) < 4.78 is 61.1. The van der Waals surface area contributed by atoms with Gasteiger partial charge in [0.25, 0.3) is 0 Å². The second-order valence-electron chi connectivity index (χ2n) is 36.3. The summed E-state index contributed by atoms with van der Waals surface area (Å²) in [5, 5.41) is 0. The zero-order valence-corrected chi connectivity index (χ0v) is 64.3. The lowest BCUT2D eigenvalue weighted by atomic mass is 9.71. The Morgan fingerprint density at radius 3 is 1.39 bits per heavy atom. The minimum Gasteiger partial charge on any atom is -0.465 e. The van der Waals surface area contributed by atoms with Crippen molar-refractivity contribution in [2.24, 2.45) is 134 Å². The van der Waals surface area contributed by atoms with Crippen molar-refractivity contribution in [1.29, 1.82) is 0 Å². The molecular formula is C83H120O22. The lowest BCUT2D eigenvalue weighted by Crippen LogP contribution is -2.47. The van der Waals surface area contributed by atoms with E-state index < -0.39 is 24.0 Å². The molecule has 17 aliphatic rings. The Hall–Kier alpha value is -5.83. The molecule has 12 bridgehead atoms. The van der Waals surface area contributed by atoms with Gasteiger partial charge in [-0.05, 0) is 208 Å². The second kappa shape index (κ2) is 30.6. The highest BCUT2D eigenvalue weighted by molar-refractivity contribution is 5.87. The van der Waals surface area contributed by atoms with Gasteiger partial charge in [-0.15, -0.1) is 0 Å². The summed E-state index contributed by atoms with van der Waals surface area (Å²) in [7, 11) is 0. The molecule has 5 aliphatic heterocycles. The summed E-state index contributed by atoms with van der Waals surface area (Å²) in [6.45, 7) is 23.7. The Morgan fingerprint density at radius 1 is 0.448 bits per heavy atom. The minimum absolute atomic E-state index is 0.00768. The van der Waals surface area contributed by atoms with Gasteiger partial charge in [0.2, 0.25) is 0 Å². The van der Waals surface area contributed by atoms with E-state index in [1.165, 1.54) is 6.42 Å². The molecule has 0 aromatic carbocycles. The topological polar surface area (TPSA) is 289 Å². The van der Waals surface area contributed by atoms with Gasteiger partial charge in [-0.1, -0.05) is 76.2 Å². The van der Waals surface area contributed by atoms with E-state index in [1.54, 1.807) is 0 Å². The molecule has 17 rings (SSSR count). The summed E-state index contributed by atoms with van der Waals surface area (Å²) in [4.78, 5) is 133. The number of esters is 11. The highest BCUT2D eigenvalue weighted by Crippen LogP contribution is 2.66. The maximum absolute atomic E-state index is 13.4. The molecule has 105 heavy (non-hydrogen) atoms. The van der Waals surface area contributed by atoms with Crippen molar-refractivity contribution in [3.8, 4) is 0 Å². The van der Waals surface area contributed by atoms with Crippen molar-refractivity contribution in [2.45, 2.75) is 292 Å². The third-order valence-electron chi connectivity index (χ3n) is 30.7. The predicted octanol–water partition coefficient (Wildman–Crippen LogP) is 12.5. The minimum atomic E-state index is -0.538. The molecule has 584 valence electrons. The summed E-state index contributed by atoms with van der Waals surface area (Å²) in [6.07, 6.45) is 23.6. The van der Waals surface area contributed by atoms with Crippen LogP contribution < -0.4 is 0 Å². The molecule has 30 unspecified atom stereocenters. The highest BCUT2D eigenvalue weighted by atomic mass is 16.6. The van der Waals surface area contributed by atoms with Crippen molar-refractivity contribution >= 4 is 65.7 Å². The fourth-order valence-corrected chi connectivity index (χ4v) is 23.7. The van der Waals surface area contributed by atoms with Gasteiger partial charge in [-0.3, -0.25) is 52.7 Å². The number of carbonyl (C=O) groups is 11. The van der Waals surface area contributed by atoms with Crippen LogP contribution in [0.4, 0.5) is 0 Å². The summed E-state index contributed by atoms with van der Waals surface area (Å²) >= 11 is 0. The number of fused-ring (bicyclic) bond motifs is 15. The van der Waals surface area contributed by atoms with E-state index in [0.717, 1.165) is 141 Å². The van der Waals surface area contributed by atoms with Gasteiger partial charge < -0.3 is 52.1 Å². The largest absolute Gasteiger partial charge is 0.465 e. The van der Waals surface area contributed by atoms with Gasteiger partial charge in [0.1, 0.15) is 42.2 Å². The third-order valence-corrected chi connectivity index (χ3v) is 30.7. The van der Waals surface area contributed by atoms with E-state index in [-0.39, 0.29) is 165 Å². The fourth-order valence-electron chi connectivity index (χ4n) is 23.7. The SMILES string of the molecule is CCC(C)C(=O)OC1C2CC3C1OC(=O)C3C2C(=O)OC1(CC)CC2CCC1C2.CCC(C)C(=O)OC1CC2CC1C1(CCOC1=O)C2.CCC(C)C(=O)OC1CC2CC1C1(COC(=O)C1)C2.CCC(C)C(=O)OC1CC2CC1CC21CCOC1=O.CCC(C)C(=O)OC1CC2CC1CC21COC(=O)C1. The van der Waals surface area contributed by atoms with E-state index in [0.29, 0.717) is 105 Å². The van der Waals surface area contributed by atoms with Crippen LogP contribution in [0, 0.1) is 134 Å². The number of hydrogen-bond donors (Lipinski definition) is 0. The number of hydrogen-bond acceptors (Lipinski definition) is 22. The first kappa shape index (κ1) is 77.3. The molecular weight excluding hydrogens is 1350 g/mol. The molecule has 0 radical (unpaired) electrons. The predicted molar refractivity (Wildman–Crippen MR) is 375 cm³/mol. The molecule has 22 heteroatoms. The molecule has 0 aromatic heterocycles. The van der Waals surface area contributed by atoms with E-state index in [1.807, 2.05) is 69.2 Å². The molecule has 0 N–H and O–H groups in total. The van der Waals surface area contributed by atoms with Crippen LogP contribution in [0.15, 0.2) is 0 Å². The Labute approximate surface area is 620 Å². The molecule has 0 amide bonds. The van der Waals surface area contributed by atoms with Crippen LogP contribution in [-0.4, -0.2) is 134 Å². The van der Waals surface area contributed by atoms with Gasteiger partial charge in [0.05, 0.1) is 91.5 Å². The average molecular weight is 1470 g/mol. The van der Waals surface area contributed by atoms with Crippen LogP contribution in [0.2, 0.25) is 0 Å². The molecule has 22 nitrogen and oxygen atoms in total. The molecule has 5 heterocycles. The number of ether oxygens (including phenoxy) is 11. The zero-order valence-electron chi connectivity index (χ0n) is 64.3. The molecule has 0 aromatic rings. The third kappa shape index (κ3) is 14.3. The van der Waals surface area contributed by atoms with E-state index in [9.17, 15) is 52.7 Å². The standard InChI is InChI=1S/C23H32O6.4C15H22O4/c1-4-11(3)20(24)27-18-15-9-14-16(21(25)28-19(14)18)17(15)22(26)29-23(5-2)10-12-6-7-13(23)8-12;1-3-9(2)14(17)19-12-5-11-4-10(12)6-15(11)7-13(16)18-8-15;1-3-9(2)14(17)19-12-5-10-4-11(12)15(6-10)7-13(16)18-8-15;1-3-9(2)13(16)19-12-7-11-6-10(12)8-15(11)4-5-18-14(15)17;1-3-9(2)13(16)19-12-7-10-6-11(12)15(8-10)4-5-18-14(15)17/h11-19H,4-10H2,1-3H3;4*9-12H,3-8H2,1-2H3. The Kier molecular flexibility index (Phi) is 22.5. The smallest absolute Gasteiger partial charge is 0.312 e. The van der Waals surface area contributed by atoms with Crippen molar-refractivity contribution in [3.63, 3.8) is 0 Å². The van der Waals surface area contributed by atoms with Gasteiger partial charge in [0.15, 0.2) is 0 Å².